The molecule has 0 fully saturated rings. The van der Waals surface area contributed by atoms with Gasteiger partial charge in [-0.2, -0.15) is 10.4 Å². The fraction of sp³-hybridized carbons (Fsp3) is 0.176. The fourth-order valence-electron chi connectivity index (χ4n) is 2.41. The highest BCUT2D eigenvalue weighted by atomic mass is 15.3. The van der Waals surface area contributed by atoms with E-state index in [2.05, 4.69) is 36.3 Å². The van der Waals surface area contributed by atoms with Crippen LogP contribution in [-0.4, -0.2) is 9.78 Å². The normalized spacial score (nSPS) is 10.6. The minimum absolute atomic E-state index is 0.662. The molecule has 0 aliphatic carbocycles. The zero-order valence-electron chi connectivity index (χ0n) is 11.4. The molecule has 3 rings (SSSR count). The zero-order chi connectivity index (χ0) is 13.9. The van der Waals surface area contributed by atoms with E-state index in [9.17, 15) is 0 Å². The van der Waals surface area contributed by atoms with Gasteiger partial charge < -0.3 is 0 Å². The van der Waals surface area contributed by atoms with E-state index in [-0.39, 0.29) is 0 Å². The summed E-state index contributed by atoms with van der Waals surface area (Å²) in [4.78, 5) is 0. The lowest BCUT2D eigenvalue weighted by Gasteiger charge is -2.04. The van der Waals surface area contributed by atoms with Gasteiger partial charge in [0.1, 0.15) is 0 Å². The third-order valence-electron chi connectivity index (χ3n) is 3.41. The Balaban J connectivity index is 2.05. The van der Waals surface area contributed by atoms with Crippen molar-refractivity contribution in [2.75, 3.05) is 0 Å². The summed E-state index contributed by atoms with van der Waals surface area (Å²) >= 11 is 0. The summed E-state index contributed by atoms with van der Waals surface area (Å²) in [7, 11) is 0. The first kappa shape index (κ1) is 12.4. The van der Waals surface area contributed by atoms with Gasteiger partial charge in [-0.3, -0.25) is 0 Å². The van der Waals surface area contributed by atoms with Gasteiger partial charge in [0.05, 0.1) is 29.0 Å². The van der Waals surface area contributed by atoms with Crippen LogP contribution in [0.3, 0.4) is 0 Å². The summed E-state index contributed by atoms with van der Waals surface area (Å²) in [6.07, 6.45) is 4.14. The van der Waals surface area contributed by atoms with Gasteiger partial charge in [0.15, 0.2) is 0 Å². The molecule has 0 saturated heterocycles. The lowest BCUT2D eigenvalue weighted by Crippen LogP contribution is -1.95. The predicted molar refractivity (Wildman–Crippen MR) is 79.8 cm³/mol. The molecule has 0 aliphatic rings. The molecule has 3 nitrogen and oxygen atoms in total. The molecule has 0 unspecified atom stereocenters. The van der Waals surface area contributed by atoms with E-state index in [0.29, 0.717) is 5.56 Å². The molecule has 3 aromatic rings. The standard InChI is InChI=1S/C17H15N3/c1-2-3-13-6-9-17-15(10-13)12-19-20(17)16-7-4-14(11-18)5-8-16/h4-10,12H,2-3H2,1H3. The number of fused-ring (bicyclic) bond motifs is 1. The second-order valence-corrected chi connectivity index (χ2v) is 4.86. The van der Waals surface area contributed by atoms with Crippen LogP contribution in [-0.2, 0) is 6.42 Å². The topological polar surface area (TPSA) is 41.6 Å². The van der Waals surface area contributed by atoms with E-state index in [1.54, 1.807) is 0 Å². The lowest BCUT2D eigenvalue weighted by molar-refractivity contribution is 0.908. The number of hydrogen-bond acceptors (Lipinski definition) is 2. The summed E-state index contributed by atoms with van der Waals surface area (Å²) in [5.41, 5.74) is 4.08. The van der Waals surface area contributed by atoms with Crippen LogP contribution in [0, 0.1) is 11.3 Å². The average Bonchev–Trinajstić information content (AvgIpc) is 2.91. The monoisotopic (exact) mass is 261 g/mol. The molecule has 1 aromatic heterocycles. The van der Waals surface area contributed by atoms with Crippen LogP contribution >= 0.6 is 0 Å². The molecule has 0 bridgehead atoms. The van der Waals surface area contributed by atoms with Crippen LogP contribution in [0.25, 0.3) is 16.6 Å². The first-order valence-corrected chi connectivity index (χ1v) is 6.79. The Morgan fingerprint density at radius 2 is 1.95 bits per heavy atom. The van der Waals surface area contributed by atoms with Crippen molar-refractivity contribution in [2.45, 2.75) is 19.8 Å². The molecule has 2 aromatic carbocycles. The summed E-state index contributed by atoms with van der Waals surface area (Å²) < 4.78 is 1.91. The van der Waals surface area contributed by atoms with Gasteiger partial charge in [0.2, 0.25) is 0 Å². The molecule has 0 spiro atoms. The Hall–Kier alpha value is -2.60. The lowest BCUT2D eigenvalue weighted by atomic mass is 10.1. The van der Waals surface area contributed by atoms with Crippen molar-refractivity contribution >= 4 is 10.9 Å². The van der Waals surface area contributed by atoms with Gasteiger partial charge >= 0.3 is 0 Å². The van der Waals surface area contributed by atoms with Crippen molar-refractivity contribution in [3.8, 4) is 11.8 Å². The van der Waals surface area contributed by atoms with Crippen LogP contribution in [0.2, 0.25) is 0 Å². The number of nitriles is 1. The fourth-order valence-corrected chi connectivity index (χ4v) is 2.41. The largest absolute Gasteiger partial charge is 0.233 e. The van der Waals surface area contributed by atoms with Crippen molar-refractivity contribution in [3.63, 3.8) is 0 Å². The Labute approximate surface area is 118 Å². The Kier molecular flexibility index (Phi) is 3.22. The average molecular weight is 261 g/mol. The number of hydrogen-bond donors (Lipinski definition) is 0. The van der Waals surface area contributed by atoms with Gasteiger partial charge in [-0.15, -0.1) is 0 Å². The number of nitrogens with zero attached hydrogens (tertiary/aromatic N) is 3. The first-order chi connectivity index (χ1) is 9.81. The summed E-state index contributed by atoms with van der Waals surface area (Å²) in [5, 5.41) is 14.4. The summed E-state index contributed by atoms with van der Waals surface area (Å²) in [5.74, 6) is 0. The minimum Gasteiger partial charge on any atom is -0.233 e. The molecule has 0 radical (unpaired) electrons. The second kappa shape index (κ2) is 5.18. The van der Waals surface area contributed by atoms with Crippen LogP contribution in [0.1, 0.15) is 24.5 Å². The van der Waals surface area contributed by atoms with Crippen LogP contribution < -0.4 is 0 Å². The smallest absolute Gasteiger partial charge is 0.0991 e. The summed E-state index contributed by atoms with van der Waals surface area (Å²) in [6, 6.07) is 16.1. The van der Waals surface area contributed by atoms with E-state index in [1.165, 1.54) is 5.56 Å². The molecule has 0 aliphatic heterocycles. The van der Waals surface area contributed by atoms with Gasteiger partial charge in [0.25, 0.3) is 0 Å². The molecule has 20 heavy (non-hydrogen) atoms. The maximum atomic E-state index is 8.84. The van der Waals surface area contributed by atoms with Gasteiger partial charge in [-0.25, -0.2) is 4.68 Å². The van der Waals surface area contributed by atoms with E-state index in [4.69, 9.17) is 5.26 Å². The maximum Gasteiger partial charge on any atom is 0.0991 e. The highest BCUT2D eigenvalue weighted by molar-refractivity contribution is 5.81. The van der Waals surface area contributed by atoms with Crippen molar-refractivity contribution in [2.24, 2.45) is 0 Å². The van der Waals surface area contributed by atoms with Gasteiger partial charge in [-0.05, 0) is 48.4 Å². The molecule has 1 heterocycles. The van der Waals surface area contributed by atoms with E-state index >= 15 is 0 Å². The van der Waals surface area contributed by atoms with Gasteiger partial charge in [0, 0.05) is 5.39 Å². The molecule has 0 saturated carbocycles. The summed E-state index contributed by atoms with van der Waals surface area (Å²) in [6.45, 7) is 2.18. The van der Waals surface area contributed by atoms with Crippen LogP contribution in [0.5, 0.6) is 0 Å². The zero-order valence-corrected chi connectivity index (χ0v) is 11.4. The molecular weight excluding hydrogens is 246 g/mol. The van der Waals surface area contributed by atoms with Crippen molar-refractivity contribution in [3.05, 3.63) is 59.8 Å². The van der Waals surface area contributed by atoms with E-state index in [1.807, 2.05) is 35.1 Å². The predicted octanol–water partition coefficient (Wildman–Crippen LogP) is 3.85. The first-order valence-electron chi connectivity index (χ1n) is 6.79. The van der Waals surface area contributed by atoms with Crippen molar-refractivity contribution < 1.29 is 0 Å². The number of rotatable bonds is 3. The second-order valence-electron chi connectivity index (χ2n) is 4.86. The van der Waals surface area contributed by atoms with Crippen LogP contribution in [0.15, 0.2) is 48.7 Å². The van der Waals surface area contributed by atoms with E-state index < -0.39 is 0 Å². The Morgan fingerprint density at radius 3 is 2.65 bits per heavy atom. The minimum atomic E-state index is 0.662. The SMILES string of the molecule is CCCc1ccc2c(cnn2-c2ccc(C#N)cc2)c1. The Bertz CT molecular complexity index is 776. The number of aromatic nitrogens is 2. The van der Waals surface area contributed by atoms with Crippen molar-refractivity contribution in [1.29, 1.82) is 5.26 Å². The quantitative estimate of drug-likeness (QED) is 0.718. The molecular formula is C17H15N3. The van der Waals surface area contributed by atoms with Gasteiger partial charge in [-0.1, -0.05) is 19.4 Å². The molecule has 0 atom stereocenters. The third kappa shape index (κ3) is 2.17. The van der Waals surface area contributed by atoms with Crippen molar-refractivity contribution in [1.82, 2.24) is 9.78 Å². The molecule has 0 N–H and O–H groups in total. The maximum absolute atomic E-state index is 8.84. The highest BCUT2D eigenvalue weighted by Crippen LogP contribution is 2.20. The van der Waals surface area contributed by atoms with Crippen LogP contribution in [0.4, 0.5) is 0 Å². The third-order valence-corrected chi connectivity index (χ3v) is 3.41. The number of aryl methyl sites for hydroxylation is 1. The number of benzene rings is 2. The highest BCUT2D eigenvalue weighted by Gasteiger charge is 2.05. The molecule has 0 amide bonds. The van der Waals surface area contributed by atoms with E-state index in [0.717, 1.165) is 29.4 Å². The Morgan fingerprint density at radius 1 is 1.15 bits per heavy atom. The molecule has 3 heteroatoms. The molecule has 98 valence electrons.